The molecule has 0 amide bonds. The van der Waals surface area contributed by atoms with Crippen LogP contribution in [0.3, 0.4) is 0 Å². The number of hydrogen-bond donors (Lipinski definition) is 1. The van der Waals surface area contributed by atoms with Crippen molar-refractivity contribution in [3.63, 3.8) is 0 Å². The van der Waals surface area contributed by atoms with E-state index in [0.717, 1.165) is 0 Å². The summed E-state index contributed by atoms with van der Waals surface area (Å²) < 4.78 is 1.38. The highest BCUT2D eigenvalue weighted by molar-refractivity contribution is 4.43. The first kappa shape index (κ1) is 20.8. The molecule has 0 saturated heterocycles. The summed E-state index contributed by atoms with van der Waals surface area (Å²) in [4.78, 5) is 0. The van der Waals surface area contributed by atoms with Crippen LogP contribution in [0, 0.1) is 11.8 Å². The summed E-state index contributed by atoms with van der Waals surface area (Å²) in [6.07, 6.45) is 5.33. The number of rotatable bonds is 8. The van der Waals surface area contributed by atoms with Crippen molar-refractivity contribution in [1.29, 1.82) is 5.26 Å². The maximum absolute atomic E-state index is 6.50. The summed E-state index contributed by atoms with van der Waals surface area (Å²) in [7, 11) is 0. The molecule has 0 aromatic rings. The van der Waals surface area contributed by atoms with Gasteiger partial charge in [0.05, 0.1) is 26.2 Å². The molecule has 0 atom stereocenters. The van der Waals surface area contributed by atoms with Gasteiger partial charge in [-0.25, -0.2) is 5.26 Å². The highest BCUT2D eigenvalue weighted by Crippen LogP contribution is 2.12. The summed E-state index contributed by atoms with van der Waals surface area (Å²) in [6, 6.07) is 0. The number of hydrogen-bond acceptors (Lipinski definition) is 2. The Labute approximate surface area is 103 Å². The fourth-order valence-corrected chi connectivity index (χ4v) is 2.57. The first-order valence-corrected chi connectivity index (χ1v) is 6.35. The van der Waals surface area contributed by atoms with Gasteiger partial charge in [-0.3, -0.25) is 0 Å². The lowest BCUT2D eigenvalue weighted by molar-refractivity contribution is -0.928. The lowest BCUT2D eigenvalue weighted by atomic mass is 10.2. The molecule has 0 aromatic heterocycles. The van der Waals surface area contributed by atoms with E-state index in [0.29, 0.717) is 0 Å². The summed E-state index contributed by atoms with van der Waals surface area (Å²) in [5, 5.41) is 6.50. The molecule has 0 unspecified atom stereocenters. The first-order valence-electron chi connectivity index (χ1n) is 6.35. The van der Waals surface area contributed by atoms with E-state index in [4.69, 9.17) is 5.26 Å². The molecule has 0 aromatic carbocycles. The van der Waals surface area contributed by atoms with E-state index in [9.17, 15) is 0 Å². The Morgan fingerprint density at radius 1 is 0.688 bits per heavy atom. The van der Waals surface area contributed by atoms with Gasteiger partial charge in [-0.05, 0) is 25.7 Å². The number of quaternary nitrogens is 1. The Kier molecular flexibility index (Phi) is 18.7. The van der Waals surface area contributed by atoms with Crippen LogP contribution in [0.2, 0.25) is 0 Å². The van der Waals surface area contributed by atoms with Crippen LogP contribution >= 0.6 is 0 Å². The normalized spacial score (nSPS) is 9.88. The topological polar surface area (TPSA) is 58.8 Å². The molecule has 0 spiro atoms. The average Bonchev–Trinajstić information content (AvgIpc) is 2.22. The molecular weight excluding hydrogens is 198 g/mol. The second-order valence-electron chi connectivity index (χ2n) is 4.24. The van der Waals surface area contributed by atoms with Gasteiger partial charge in [0.15, 0.2) is 0 Å². The zero-order valence-electron chi connectivity index (χ0n) is 11.8. The average molecular weight is 230 g/mol. The summed E-state index contributed by atoms with van der Waals surface area (Å²) in [6.45, 7) is 18.3. The van der Waals surface area contributed by atoms with E-state index < -0.39 is 0 Å². The highest BCUT2D eigenvalue weighted by atomic mass is 15.3. The molecule has 0 fully saturated rings. The Morgan fingerprint density at radius 2 is 0.875 bits per heavy atom. The minimum Gasteiger partial charge on any atom is -0.344 e. The molecule has 0 radical (unpaired) electrons. The Hall–Kier alpha value is -0.590. The van der Waals surface area contributed by atoms with E-state index in [-0.39, 0.29) is 6.15 Å². The van der Waals surface area contributed by atoms with Crippen molar-refractivity contribution < 1.29 is 4.48 Å². The minimum absolute atomic E-state index is 0. The largest absolute Gasteiger partial charge is 0.344 e. The minimum atomic E-state index is 0. The molecule has 0 rings (SSSR count). The molecule has 3 N–H and O–H groups in total. The highest BCUT2D eigenvalue weighted by Gasteiger charge is 2.22. The van der Waals surface area contributed by atoms with Crippen LogP contribution in [0.5, 0.6) is 0 Å². The van der Waals surface area contributed by atoms with Gasteiger partial charge < -0.3 is 10.6 Å². The van der Waals surface area contributed by atoms with Gasteiger partial charge in [0.25, 0.3) is 0 Å². The van der Waals surface area contributed by atoms with Gasteiger partial charge in [-0.2, -0.15) is 0 Å². The molecular formula is C13H32N3+. The van der Waals surface area contributed by atoms with Crippen molar-refractivity contribution in [2.75, 3.05) is 26.2 Å². The van der Waals surface area contributed by atoms with E-state index in [1.54, 1.807) is 0 Å². The van der Waals surface area contributed by atoms with Crippen LogP contribution in [-0.2, 0) is 0 Å². The summed E-state index contributed by atoms with van der Waals surface area (Å²) >= 11 is 0. The molecule has 3 heteroatoms. The second kappa shape index (κ2) is 14.4. The maximum Gasteiger partial charge on any atom is 0.0783 e. The first-order chi connectivity index (χ1) is 7.24. The zero-order valence-corrected chi connectivity index (χ0v) is 11.8. The molecule has 0 aliphatic heterocycles. The zero-order chi connectivity index (χ0) is 12.2. The fraction of sp³-hybridized carbons (Fsp3) is 0.923. The monoisotopic (exact) mass is 230 g/mol. The second-order valence-corrected chi connectivity index (χ2v) is 4.24. The molecule has 0 heterocycles. The fourth-order valence-electron chi connectivity index (χ4n) is 2.57. The SMILES string of the molecule is C#N.CCC[N+](CCC)(CCC)CCC.N. The predicted molar refractivity (Wildman–Crippen MR) is 72.6 cm³/mol. The molecule has 0 bridgehead atoms. The smallest absolute Gasteiger partial charge is 0.0783 e. The van der Waals surface area contributed by atoms with Crippen LogP contribution in [0.1, 0.15) is 53.4 Å². The molecule has 0 aliphatic carbocycles. The van der Waals surface area contributed by atoms with E-state index in [1.165, 1.54) is 56.3 Å². The van der Waals surface area contributed by atoms with Gasteiger partial charge in [0.1, 0.15) is 0 Å². The molecule has 98 valence electrons. The van der Waals surface area contributed by atoms with Crippen LogP contribution in [-0.4, -0.2) is 30.7 Å². The lowest BCUT2D eigenvalue weighted by Crippen LogP contribution is -2.50. The standard InChI is InChI=1S/C12H28N.CHN.H3N/c1-5-9-13(10-6-2,11-7-3)12-8-4;1-2;/h5-12H2,1-4H3;1H;1H3/q+1;;. The Morgan fingerprint density at radius 3 is 1.00 bits per heavy atom. The molecule has 0 saturated carbocycles. The number of nitriles is 1. The molecule has 16 heavy (non-hydrogen) atoms. The summed E-state index contributed by atoms with van der Waals surface area (Å²) in [5.41, 5.74) is 0. The third kappa shape index (κ3) is 8.70. The van der Waals surface area contributed by atoms with Gasteiger partial charge in [-0.15, -0.1) is 0 Å². The number of nitrogens with zero attached hydrogens (tertiary/aromatic N) is 2. The van der Waals surface area contributed by atoms with Gasteiger partial charge in [-0.1, -0.05) is 27.7 Å². The van der Waals surface area contributed by atoms with E-state index >= 15 is 0 Å². The van der Waals surface area contributed by atoms with Crippen molar-refractivity contribution in [3.8, 4) is 6.57 Å². The van der Waals surface area contributed by atoms with Crippen molar-refractivity contribution in [1.82, 2.24) is 6.15 Å². The van der Waals surface area contributed by atoms with Gasteiger partial charge in [0, 0.05) is 6.57 Å². The van der Waals surface area contributed by atoms with Crippen LogP contribution in [0.25, 0.3) is 0 Å². The van der Waals surface area contributed by atoms with Crippen LogP contribution in [0.15, 0.2) is 0 Å². The third-order valence-corrected chi connectivity index (χ3v) is 2.79. The quantitative estimate of drug-likeness (QED) is 0.646. The van der Waals surface area contributed by atoms with Crippen LogP contribution in [0.4, 0.5) is 0 Å². The van der Waals surface area contributed by atoms with Crippen molar-refractivity contribution in [2.45, 2.75) is 53.4 Å². The molecule has 3 nitrogen and oxygen atoms in total. The van der Waals surface area contributed by atoms with Crippen molar-refractivity contribution in [3.05, 3.63) is 0 Å². The van der Waals surface area contributed by atoms with E-state index in [1.807, 2.05) is 0 Å². The Balaban J connectivity index is -0.000000529. The maximum atomic E-state index is 6.50. The van der Waals surface area contributed by atoms with Crippen molar-refractivity contribution in [2.24, 2.45) is 0 Å². The van der Waals surface area contributed by atoms with E-state index in [2.05, 4.69) is 34.3 Å². The lowest BCUT2D eigenvalue weighted by Gasteiger charge is -2.38. The third-order valence-electron chi connectivity index (χ3n) is 2.79. The predicted octanol–water partition coefficient (Wildman–Crippen LogP) is 3.74. The summed E-state index contributed by atoms with van der Waals surface area (Å²) in [5.74, 6) is 0. The van der Waals surface area contributed by atoms with Crippen LogP contribution < -0.4 is 6.15 Å². The Bertz CT molecular complexity index is 114. The van der Waals surface area contributed by atoms with Gasteiger partial charge in [0.2, 0.25) is 0 Å². The molecule has 0 aliphatic rings. The van der Waals surface area contributed by atoms with Crippen molar-refractivity contribution >= 4 is 0 Å². The van der Waals surface area contributed by atoms with Gasteiger partial charge >= 0.3 is 0 Å².